The first kappa shape index (κ1) is 11.3. The van der Waals surface area contributed by atoms with Crippen LogP contribution in [0.3, 0.4) is 0 Å². The highest BCUT2D eigenvalue weighted by molar-refractivity contribution is 7.99. The molecule has 1 aliphatic carbocycles. The van der Waals surface area contributed by atoms with E-state index in [1.807, 2.05) is 11.8 Å². The van der Waals surface area contributed by atoms with Gasteiger partial charge in [-0.05, 0) is 26.9 Å². The molecule has 0 aromatic heterocycles. The highest BCUT2D eigenvalue weighted by atomic mass is 32.2. The summed E-state index contributed by atoms with van der Waals surface area (Å²) < 4.78 is 0. The minimum absolute atomic E-state index is 0.0408. The van der Waals surface area contributed by atoms with Crippen LogP contribution in [0.5, 0.6) is 0 Å². The molecule has 0 saturated heterocycles. The van der Waals surface area contributed by atoms with Crippen LogP contribution in [0, 0.1) is 0 Å². The molecule has 13 heavy (non-hydrogen) atoms. The summed E-state index contributed by atoms with van der Waals surface area (Å²) in [7, 11) is 4.19. The fourth-order valence-corrected chi connectivity index (χ4v) is 3.12. The summed E-state index contributed by atoms with van der Waals surface area (Å²) in [6.45, 7) is 1.12. The van der Waals surface area contributed by atoms with E-state index in [1.54, 1.807) is 0 Å². The van der Waals surface area contributed by atoms with Gasteiger partial charge in [0.1, 0.15) is 0 Å². The van der Waals surface area contributed by atoms with Crippen molar-refractivity contribution in [3.8, 4) is 0 Å². The maximum absolute atomic E-state index is 9.70. The first-order chi connectivity index (χ1) is 6.20. The normalized spacial score (nSPS) is 29.5. The molecule has 78 valence electrons. The van der Waals surface area contributed by atoms with Gasteiger partial charge in [0.25, 0.3) is 0 Å². The molecule has 1 saturated carbocycles. The number of aliphatic hydroxyl groups is 1. The lowest BCUT2D eigenvalue weighted by atomic mass is 9.97. The fourth-order valence-electron chi connectivity index (χ4n) is 1.66. The number of aliphatic hydroxyl groups excluding tert-OH is 1. The molecular formula is C10H21NOS. The Kier molecular flexibility index (Phi) is 5.14. The van der Waals surface area contributed by atoms with E-state index in [0.717, 1.165) is 18.7 Å². The predicted octanol–water partition coefficient (Wildman–Crippen LogP) is 1.58. The van der Waals surface area contributed by atoms with E-state index in [4.69, 9.17) is 0 Å². The number of rotatable bonds is 4. The van der Waals surface area contributed by atoms with Crippen LogP contribution >= 0.6 is 11.8 Å². The second-order valence-electron chi connectivity index (χ2n) is 4.06. The van der Waals surface area contributed by atoms with Crippen molar-refractivity contribution in [3.05, 3.63) is 0 Å². The topological polar surface area (TPSA) is 23.5 Å². The van der Waals surface area contributed by atoms with Crippen LogP contribution < -0.4 is 0 Å². The Morgan fingerprint density at radius 1 is 1.31 bits per heavy atom. The molecule has 3 heteroatoms. The van der Waals surface area contributed by atoms with Crippen molar-refractivity contribution in [2.24, 2.45) is 0 Å². The molecule has 1 aliphatic rings. The van der Waals surface area contributed by atoms with Crippen LogP contribution in [0.2, 0.25) is 0 Å². The monoisotopic (exact) mass is 203 g/mol. The van der Waals surface area contributed by atoms with Crippen molar-refractivity contribution in [1.82, 2.24) is 4.90 Å². The van der Waals surface area contributed by atoms with Crippen LogP contribution in [0.1, 0.15) is 25.7 Å². The standard InChI is InChI=1S/C10H21NOS/c1-11(2)7-8-13-10-6-4-3-5-9(10)12/h9-10,12H,3-8H2,1-2H3/t9-,10-/m0/s1. The number of nitrogens with zero attached hydrogens (tertiary/aromatic N) is 1. The molecule has 1 rings (SSSR count). The van der Waals surface area contributed by atoms with Gasteiger partial charge in [-0.2, -0.15) is 11.8 Å². The van der Waals surface area contributed by atoms with Crippen LogP contribution in [-0.4, -0.2) is 47.8 Å². The third-order valence-electron chi connectivity index (χ3n) is 2.54. The molecule has 1 N–H and O–H groups in total. The van der Waals surface area contributed by atoms with E-state index < -0.39 is 0 Å². The number of thioether (sulfide) groups is 1. The van der Waals surface area contributed by atoms with E-state index in [2.05, 4.69) is 19.0 Å². The van der Waals surface area contributed by atoms with Crippen molar-refractivity contribution < 1.29 is 5.11 Å². The largest absolute Gasteiger partial charge is 0.392 e. The molecule has 2 nitrogen and oxygen atoms in total. The Morgan fingerprint density at radius 3 is 2.62 bits per heavy atom. The molecule has 0 bridgehead atoms. The summed E-state index contributed by atoms with van der Waals surface area (Å²) in [6.07, 6.45) is 4.70. The average Bonchev–Trinajstić information content (AvgIpc) is 2.08. The Balaban J connectivity index is 2.11. The van der Waals surface area contributed by atoms with E-state index in [1.165, 1.54) is 19.3 Å². The third kappa shape index (κ3) is 4.34. The van der Waals surface area contributed by atoms with Gasteiger partial charge in [-0.1, -0.05) is 12.8 Å². The first-order valence-electron chi connectivity index (χ1n) is 5.14. The van der Waals surface area contributed by atoms with Gasteiger partial charge in [0.2, 0.25) is 0 Å². The van der Waals surface area contributed by atoms with Crippen molar-refractivity contribution >= 4 is 11.8 Å². The molecule has 0 aliphatic heterocycles. The minimum atomic E-state index is -0.0408. The predicted molar refractivity (Wildman–Crippen MR) is 59.3 cm³/mol. The molecule has 0 amide bonds. The first-order valence-corrected chi connectivity index (χ1v) is 6.19. The molecule has 2 atom stereocenters. The van der Waals surface area contributed by atoms with E-state index in [0.29, 0.717) is 5.25 Å². The highest BCUT2D eigenvalue weighted by Gasteiger charge is 2.22. The van der Waals surface area contributed by atoms with Gasteiger partial charge < -0.3 is 10.0 Å². The lowest BCUT2D eigenvalue weighted by Crippen LogP contribution is -2.28. The number of hydrogen-bond donors (Lipinski definition) is 1. The molecule has 0 heterocycles. The molecule has 1 fully saturated rings. The molecule has 0 aromatic rings. The summed E-state index contributed by atoms with van der Waals surface area (Å²) in [5, 5.41) is 10.2. The summed E-state index contributed by atoms with van der Waals surface area (Å²) in [5.74, 6) is 1.15. The SMILES string of the molecule is CN(C)CCS[C@H]1CCCC[C@@H]1O. The van der Waals surface area contributed by atoms with Crippen molar-refractivity contribution in [2.75, 3.05) is 26.4 Å². The van der Waals surface area contributed by atoms with Gasteiger partial charge in [0.05, 0.1) is 6.10 Å². The maximum Gasteiger partial charge on any atom is 0.0658 e. The minimum Gasteiger partial charge on any atom is -0.392 e. The molecular weight excluding hydrogens is 182 g/mol. The highest BCUT2D eigenvalue weighted by Crippen LogP contribution is 2.28. The van der Waals surface area contributed by atoms with Crippen LogP contribution in [0.4, 0.5) is 0 Å². The zero-order chi connectivity index (χ0) is 9.68. The molecule has 0 aromatic carbocycles. The van der Waals surface area contributed by atoms with E-state index in [9.17, 15) is 5.11 Å². The van der Waals surface area contributed by atoms with E-state index >= 15 is 0 Å². The van der Waals surface area contributed by atoms with Gasteiger partial charge in [-0.25, -0.2) is 0 Å². The Hall–Kier alpha value is 0.270. The summed E-state index contributed by atoms with van der Waals surface area (Å²) in [4.78, 5) is 2.20. The van der Waals surface area contributed by atoms with Crippen molar-refractivity contribution in [1.29, 1.82) is 0 Å². The van der Waals surface area contributed by atoms with Gasteiger partial charge in [-0.3, -0.25) is 0 Å². The van der Waals surface area contributed by atoms with Gasteiger partial charge in [0, 0.05) is 17.5 Å². The van der Waals surface area contributed by atoms with Crippen LogP contribution in [0.25, 0.3) is 0 Å². The smallest absolute Gasteiger partial charge is 0.0658 e. The van der Waals surface area contributed by atoms with Crippen LogP contribution in [-0.2, 0) is 0 Å². The lowest BCUT2D eigenvalue weighted by Gasteiger charge is -2.27. The van der Waals surface area contributed by atoms with Crippen molar-refractivity contribution in [3.63, 3.8) is 0 Å². The average molecular weight is 203 g/mol. The second-order valence-corrected chi connectivity index (χ2v) is 5.41. The Morgan fingerprint density at radius 2 is 2.00 bits per heavy atom. The zero-order valence-corrected chi connectivity index (χ0v) is 9.52. The summed E-state index contributed by atoms with van der Waals surface area (Å²) in [5.41, 5.74) is 0. The maximum atomic E-state index is 9.70. The number of hydrogen-bond acceptors (Lipinski definition) is 3. The lowest BCUT2D eigenvalue weighted by molar-refractivity contribution is 0.137. The van der Waals surface area contributed by atoms with Gasteiger partial charge >= 0.3 is 0 Å². The molecule has 0 radical (unpaired) electrons. The van der Waals surface area contributed by atoms with Crippen LogP contribution in [0.15, 0.2) is 0 Å². The molecule has 0 spiro atoms. The fraction of sp³-hybridized carbons (Fsp3) is 1.00. The third-order valence-corrected chi connectivity index (χ3v) is 3.93. The zero-order valence-electron chi connectivity index (χ0n) is 8.70. The Labute approximate surface area is 85.7 Å². The summed E-state index contributed by atoms with van der Waals surface area (Å²) >= 11 is 1.94. The van der Waals surface area contributed by atoms with E-state index in [-0.39, 0.29) is 6.10 Å². The van der Waals surface area contributed by atoms with Gasteiger partial charge in [-0.15, -0.1) is 0 Å². The quantitative estimate of drug-likeness (QED) is 0.750. The Bertz CT molecular complexity index is 141. The molecule has 0 unspecified atom stereocenters. The van der Waals surface area contributed by atoms with Crippen molar-refractivity contribution in [2.45, 2.75) is 37.0 Å². The van der Waals surface area contributed by atoms with Gasteiger partial charge in [0.15, 0.2) is 0 Å². The summed E-state index contributed by atoms with van der Waals surface area (Å²) in [6, 6.07) is 0. The second kappa shape index (κ2) is 5.89.